The summed E-state index contributed by atoms with van der Waals surface area (Å²) in [6.07, 6.45) is 0.608. The maximum absolute atomic E-state index is 11.8. The van der Waals surface area contributed by atoms with Crippen molar-refractivity contribution in [1.29, 1.82) is 0 Å². The van der Waals surface area contributed by atoms with Crippen molar-refractivity contribution in [3.8, 4) is 5.75 Å². The van der Waals surface area contributed by atoms with Crippen molar-refractivity contribution in [2.45, 2.75) is 20.3 Å². The van der Waals surface area contributed by atoms with Crippen LogP contribution >= 0.6 is 0 Å². The Morgan fingerprint density at radius 3 is 2.61 bits per heavy atom. The fourth-order valence-corrected chi connectivity index (χ4v) is 2.33. The van der Waals surface area contributed by atoms with Gasteiger partial charge in [-0.25, -0.2) is 0 Å². The Hall–Kier alpha value is -2.83. The van der Waals surface area contributed by atoms with E-state index in [9.17, 15) is 14.7 Å². The first-order valence-electron chi connectivity index (χ1n) is 7.25. The molecule has 7 heteroatoms. The Morgan fingerprint density at radius 1 is 1.26 bits per heavy atom. The molecule has 0 spiro atoms. The Bertz CT molecular complexity index is 737. The molecular formula is C16H20N4O3. The zero-order valence-electron chi connectivity index (χ0n) is 13.4. The first kappa shape index (κ1) is 16.5. The number of phenolic OH excluding ortho intramolecular Hbond substituents is 1. The standard InChI is InChI=1S/C16H20N4O3/c1-10-14(11(2)20(3)19-10)7-8-17-15(22)16(23)18-12-5-4-6-13(21)9-12/h4-6,9,21H,7-8H2,1-3H3,(H,17,22)(H,18,23). The molecule has 2 rings (SSSR count). The predicted molar refractivity (Wildman–Crippen MR) is 86.1 cm³/mol. The van der Waals surface area contributed by atoms with Crippen molar-refractivity contribution in [3.63, 3.8) is 0 Å². The molecule has 3 N–H and O–H groups in total. The number of rotatable bonds is 4. The molecule has 122 valence electrons. The van der Waals surface area contributed by atoms with E-state index in [0.29, 0.717) is 18.7 Å². The number of carbonyl (C=O) groups is 2. The van der Waals surface area contributed by atoms with E-state index in [-0.39, 0.29) is 5.75 Å². The second kappa shape index (κ2) is 6.95. The number of aryl methyl sites for hydroxylation is 2. The summed E-state index contributed by atoms with van der Waals surface area (Å²) in [5.41, 5.74) is 3.40. The van der Waals surface area contributed by atoms with Crippen molar-refractivity contribution < 1.29 is 14.7 Å². The largest absolute Gasteiger partial charge is 0.508 e. The predicted octanol–water partition coefficient (Wildman–Crippen LogP) is 1.04. The second-order valence-electron chi connectivity index (χ2n) is 5.28. The van der Waals surface area contributed by atoms with E-state index in [1.54, 1.807) is 16.8 Å². The molecule has 1 aromatic carbocycles. The minimum absolute atomic E-state index is 0.0192. The topological polar surface area (TPSA) is 96.2 Å². The van der Waals surface area contributed by atoms with Gasteiger partial charge in [-0.15, -0.1) is 0 Å². The van der Waals surface area contributed by atoms with Gasteiger partial charge < -0.3 is 15.7 Å². The van der Waals surface area contributed by atoms with Gasteiger partial charge in [-0.1, -0.05) is 6.07 Å². The molecule has 23 heavy (non-hydrogen) atoms. The Kier molecular flexibility index (Phi) is 5.00. The van der Waals surface area contributed by atoms with E-state index in [2.05, 4.69) is 15.7 Å². The minimum Gasteiger partial charge on any atom is -0.508 e. The second-order valence-corrected chi connectivity index (χ2v) is 5.28. The summed E-state index contributed by atoms with van der Waals surface area (Å²) in [6.45, 7) is 4.23. The van der Waals surface area contributed by atoms with E-state index < -0.39 is 11.8 Å². The van der Waals surface area contributed by atoms with Crippen molar-refractivity contribution in [2.24, 2.45) is 7.05 Å². The molecule has 0 saturated heterocycles. The van der Waals surface area contributed by atoms with Gasteiger partial charge in [0.05, 0.1) is 5.69 Å². The molecule has 0 bridgehead atoms. The van der Waals surface area contributed by atoms with Crippen molar-refractivity contribution in [2.75, 3.05) is 11.9 Å². The lowest BCUT2D eigenvalue weighted by Crippen LogP contribution is -2.36. The van der Waals surface area contributed by atoms with Crippen LogP contribution in [0.5, 0.6) is 5.75 Å². The van der Waals surface area contributed by atoms with Crippen LogP contribution in [0.15, 0.2) is 24.3 Å². The highest BCUT2D eigenvalue weighted by Gasteiger charge is 2.14. The molecule has 0 aliphatic heterocycles. The van der Waals surface area contributed by atoms with Gasteiger partial charge in [-0.2, -0.15) is 5.10 Å². The van der Waals surface area contributed by atoms with E-state index in [1.165, 1.54) is 12.1 Å². The minimum atomic E-state index is -0.768. The highest BCUT2D eigenvalue weighted by atomic mass is 16.3. The van der Waals surface area contributed by atoms with Crippen LogP contribution in [0.25, 0.3) is 0 Å². The number of hydrogen-bond acceptors (Lipinski definition) is 4. The number of nitrogens with zero attached hydrogens (tertiary/aromatic N) is 2. The van der Waals surface area contributed by atoms with E-state index in [4.69, 9.17) is 0 Å². The summed E-state index contributed by atoms with van der Waals surface area (Å²) in [6, 6.07) is 6.02. The smallest absolute Gasteiger partial charge is 0.313 e. The first-order valence-corrected chi connectivity index (χ1v) is 7.25. The molecule has 0 atom stereocenters. The van der Waals surface area contributed by atoms with Crippen LogP contribution in [0, 0.1) is 13.8 Å². The van der Waals surface area contributed by atoms with Crippen molar-refractivity contribution in [1.82, 2.24) is 15.1 Å². The Labute approximate surface area is 134 Å². The summed E-state index contributed by atoms with van der Waals surface area (Å²) in [4.78, 5) is 23.6. The fourth-order valence-electron chi connectivity index (χ4n) is 2.33. The molecule has 0 radical (unpaired) electrons. The van der Waals surface area contributed by atoms with Gasteiger partial charge in [0.1, 0.15) is 5.75 Å². The molecule has 0 saturated carbocycles. The zero-order valence-corrected chi connectivity index (χ0v) is 13.4. The molecular weight excluding hydrogens is 296 g/mol. The number of hydrogen-bond donors (Lipinski definition) is 3. The van der Waals surface area contributed by atoms with Crippen molar-refractivity contribution >= 4 is 17.5 Å². The lowest BCUT2D eigenvalue weighted by molar-refractivity contribution is -0.136. The summed E-state index contributed by atoms with van der Waals surface area (Å²) < 4.78 is 1.79. The first-order chi connectivity index (χ1) is 10.9. The quantitative estimate of drug-likeness (QED) is 0.734. The van der Waals surface area contributed by atoms with Crippen LogP contribution in [0.2, 0.25) is 0 Å². The lowest BCUT2D eigenvalue weighted by Gasteiger charge is -2.07. The normalized spacial score (nSPS) is 10.4. The van der Waals surface area contributed by atoms with E-state index in [1.807, 2.05) is 20.9 Å². The SMILES string of the molecule is Cc1nn(C)c(C)c1CCNC(=O)C(=O)Nc1cccc(O)c1. The molecule has 0 unspecified atom stereocenters. The molecule has 1 heterocycles. The summed E-state index contributed by atoms with van der Waals surface area (Å²) in [5.74, 6) is -1.46. The third-order valence-electron chi connectivity index (χ3n) is 3.63. The number of carbonyl (C=O) groups excluding carboxylic acids is 2. The maximum atomic E-state index is 11.8. The van der Waals surface area contributed by atoms with Crippen LogP contribution < -0.4 is 10.6 Å². The third kappa shape index (κ3) is 4.09. The van der Waals surface area contributed by atoms with Gasteiger partial charge in [-0.3, -0.25) is 14.3 Å². The average Bonchev–Trinajstić information content (AvgIpc) is 2.73. The number of anilines is 1. The van der Waals surface area contributed by atoms with Crippen LogP contribution in [-0.4, -0.2) is 33.2 Å². The number of phenols is 1. The van der Waals surface area contributed by atoms with Gasteiger partial charge in [-0.05, 0) is 38.0 Å². The molecule has 7 nitrogen and oxygen atoms in total. The summed E-state index contributed by atoms with van der Waals surface area (Å²) >= 11 is 0. The zero-order chi connectivity index (χ0) is 17.0. The number of benzene rings is 1. The van der Waals surface area contributed by atoms with Gasteiger partial charge >= 0.3 is 11.8 Å². The fraction of sp³-hybridized carbons (Fsp3) is 0.312. The summed E-state index contributed by atoms with van der Waals surface area (Å²) in [5, 5.41) is 18.6. The average molecular weight is 316 g/mol. The van der Waals surface area contributed by atoms with E-state index >= 15 is 0 Å². The molecule has 0 aliphatic carbocycles. The monoisotopic (exact) mass is 316 g/mol. The van der Waals surface area contributed by atoms with Crippen LogP contribution in [0.3, 0.4) is 0 Å². The number of nitrogens with one attached hydrogen (secondary N) is 2. The van der Waals surface area contributed by atoms with Crippen LogP contribution in [-0.2, 0) is 23.1 Å². The Morgan fingerprint density at radius 2 is 2.00 bits per heavy atom. The lowest BCUT2D eigenvalue weighted by atomic mass is 10.1. The Balaban J connectivity index is 1.86. The third-order valence-corrected chi connectivity index (χ3v) is 3.63. The van der Waals surface area contributed by atoms with Gasteiger partial charge in [0, 0.05) is 31.0 Å². The van der Waals surface area contributed by atoms with Crippen LogP contribution in [0.1, 0.15) is 17.0 Å². The molecule has 1 aromatic heterocycles. The van der Waals surface area contributed by atoms with Crippen molar-refractivity contribution in [3.05, 3.63) is 41.2 Å². The van der Waals surface area contributed by atoms with Gasteiger partial charge in [0.25, 0.3) is 0 Å². The molecule has 0 aliphatic rings. The number of amides is 2. The van der Waals surface area contributed by atoms with Gasteiger partial charge in [0.2, 0.25) is 0 Å². The highest BCUT2D eigenvalue weighted by molar-refractivity contribution is 6.39. The van der Waals surface area contributed by atoms with Crippen LogP contribution in [0.4, 0.5) is 5.69 Å². The molecule has 0 fully saturated rings. The maximum Gasteiger partial charge on any atom is 0.313 e. The summed E-state index contributed by atoms with van der Waals surface area (Å²) in [7, 11) is 1.87. The number of aromatic nitrogens is 2. The molecule has 2 amide bonds. The number of aromatic hydroxyl groups is 1. The van der Waals surface area contributed by atoms with Gasteiger partial charge in [0.15, 0.2) is 0 Å². The van der Waals surface area contributed by atoms with E-state index in [0.717, 1.165) is 17.0 Å². The molecule has 2 aromatic rings. The highest BCUT2D eigenvalue weighted by Crippen LogP contribution is 2.15.